The molecule has 0 aromatic heterocycles. The van der Waals surface area contributed by atoms with Crippen LogP contribution in [0.2, 0.25) is 0 Å². The Morgan fingerprint density at radius 3 is 2.64 bits per heavy atom. The van der Waals surface area contributed by atoms with Gasteiger partial charge < -0.3 is 15.5 Å². The molecule has 22 heavy (non-hydrogen) atoms. The molecule has 0 aliphatic rings. The first-order valence-electron chi connectivity index (χ1n) is 7.11. The number of rotatable bonds is 6. The molecule has 2 N–H and O–H groups in total. The maximum Gasteiger partial charge on any atom is 0.243 e. The van der Waals surface area contributed by atoms with E-state index in [1.54, 1.807) is 20.2 Å². The summed E-state index contributed by atoms with van der Waals surface area (Å²) in [4.78, 5) is 17.1. The summed E-state index contributed by atoms with van der Waals surface area (Å²) in [5.41, 5.74) is 0.299. The van der Waals surface area contributed by atoms with Crippen LogP contribution in [0, 0.1) is 11.6 Å². The number of carbonyl (C=O) groups is 1. The molecule has 0 aliphatic carbocycles. The lowest BCUT2D eigenvalue weighted by Gasteiger charge is -2.13. The van der Waals surface area contributed by atoms with E-state index >= 15 is 0 Å². The number of amides is 1. The quantitative estimate of drug-likeness (QED) is 0.612. The topological polar surface area (TPSA) is 56.7 Å². The van der Waals surface area contributed by atoms with Gasteiger partial charge in [-0.1, -0.05) is 12.1 Å². The number of benzene rings is 1. The van der Waals surface area contributed by atoms with Gasteiger partial charge >= 0.3 is 0 Å². The van der Waals surface area contributed by atoms with Gasteiger partial charge in [-0.15, -0.1) is 0 Å². The first-order chi connectivity index (χ1) is 10.5. The van der Waals surface area contributed by atoms with Crippen LogP contribution in [0.3, 0.4) is 0 Å². The van der Waals surface area contributed by atoms with Gasteiger partial charge in [0.2, 0.25) is 5.91 Å². The molecule has 0 heterocycles. The molecule has 122 valence electrons. The molecule has 1 aromatic rings. The maximum absolute atomic E-state index is 13.5. The first kappa shape index (κ1) is 17.9. The fourth-order valence-electron chi connectivity index (χ4n) is 1.69. The Balaban J connectivity index is 2.55. The molecule has 0 unspecified atom stereocenters. The van der Waals surface area contributed by atoms with Crippen LogP contribution in [0.4, 0.5) is 8.78 Å². The van der Waals surface area contributed by atoms with E-state index in [1.165, 1.54) is 11.0 Å². The molecular weight excluding hydrogens is 290 g/mol. The number of likely N-dealkylation sites (N-methyl/N-ethyl adjacent to an activating group) is 1. The Kier molecular flexibility index (Phi) is 7.28. The van der Waals surface area contributed by atoms with Gasteiger partial charge in [-0.3, -0.25) is 4.79 Å². The summed E-state index contributed by atoms with van der Waals surface area (Å²) >= 11 is 0. The zero-order valence-electron chi connectivity index (χ0n) is 13.1. The lowest BCUT2D eigenvalue weighted by molar-refractivity contribution is -0.127. The molecule has 0 bridgehead atoms. The average Bonchev–Trinajstić information content (AvgIpc) is 2.48. The predicted molar refractivity (Wildman–Crippen MR) is 82.7 cm³/mol. The highest BCUT2D eigenvalue weighted by Gasteiger charge is 2.08. The number of nitrogens with zero attached hydrogens (tertiary/aromatic N) is 2. The summed E-state index contributed by atoms with van der Waals surface area (Å²) in [6, 6.07) is 4.10. The monoisotopic (exact) mass is 312 g/mol. The molecule has 1 aromatic carbocycles. The van der Waals surface area contributed by atoms with Gasteiger partial charge in [-0.2, -0.15) is 0 Å². The van der Waals surface area contributed by atoms with E-state index in [4.69, 9.17) is 0 Å². The summed E-state index contributed by atoms with van der Waals surface area (Å²) in [7, 11) is 3.32. The third-order valence-electron chi connectivity index (χ3n) is 2.93. The van der Waals surface area contributed by atoms with Gasteiger partial charge in [0.1, 0.15) is 6.54 Å². The molecule has 7 heteroatoms. The van der Waals surface area contributed by atoms with Crippen LogP contribution in [0.15, 0.2) is 23.2 Å². The minimum absolute atomic E-state index is 0.0245. The minimum Gasteiger partial charge on any atom is -0.357 e. The molecule has 1 rings (SSSR count). The number of halogens is 2. The van der Waals surface area contributed by atoms with Crippen molar-refractivity contribution in [2.45, 2.75) is 13.3 Å². The molecule has 0 saturated heterocycles. The predicted octanol–water partition coefficient (Wildman–Crippen LogP) is 1.15. The summed E-state index contributed by atoms with van der Waals surface area (Å²) in [5.74, 6) is -1.33. The molecule has 1 amide bonds. The van der Waals surface area contributed by atoms with E-state index in [2.05, 4.69) is 15.6 Å². The normalized spacial score (nSPS) is 11.2. The summed E-state index contributed by atoms with van der Waals surface area (Å²) in [6.07, 6.45) is 0.315. The molecular formula is C15H22F2N4O. The van der Waals surface area contributed by atoms with E-state index in [-0.39, 0.29) is 12.5 Å². The first-order valence-corrected chi connectivity index (χ1v) is 7.11. The molecule has 0 atom stereocenters. The zero-order chi connectivity index (χ0) is 16.5. The molecule has 5 nitrogen and oxygen atoms in total. The molecule has 0 aliphatic heterocycles. The highest BCUT2D eigenvalue weighted by atomic mass is 19.2. The zero-order valence-corrected chi connectivity index (χ0v) is 13.1. The number of nitrogens with one attached hydrogen (secondary N) is 2. The third kappa shape index (κ3) is 5.67. The highest BCUT2D eigenvalue weighted by Crippen LogP contribution is 2.11. The van der Waals surface area contributed by atoms with Crippen LogP contribution >= 0.6 is 0 Å². The maximum atomic E-state index is 13.5. The fourth-order valence-corrected chi connectivity index (χ4v) is 1.69. The fraction of sp³-hybridized carbons (Fsp3) is 0.467. The van der Waals surface area contributed by atoms with Gasteiger partial charge in [-0.25, -0.2) is 13.8 Å². The second kappa shape index (κ2) is 8.96. The van der Waals surface area contributed by atoms with Gasteiger partial charge in [-0.05, 0) is 25.0 Å². The van der Waals surface area contributed by atoms with Crippen LogP contribution in [0.25, 0.3) is 0 Å². The Morgan fingerprint density at radius 2 is 2.00 bits per heavy atom. The van der Waals surface area contributed by atoms with Crippen LogP contribution in [0.1, 0.15) is 12.5 Å². The van der Waals surface area contributed by atoms with Crippen molar-refractivity contribution in [2.75, 3.05) is 33.7 Å². The molecule has 0 saturated carbocycles. The Hall–Kier alpha value is -2.18. The van der Waals surface area contributed by atoms with E-state index in [1.807, 2.05) is 6.92 Å². The standard InChI is InChI=1S/C15H22F2N4O/c1-4-18-15(20-10-13(22)21(2)3)19-9-8-11-6-5-7-12(16)14(11)17/h5-7H,4,8-10H2,1-3H3,(H2,18,19,20). The second-order valence-electron chi connectivity index (χ2n) is 4.87. The van der Waals surface area contributed by atoms with Crippen LogP contribution in [-0.4, -0.2) is 50.5 Å². The van der Waals surface area contributed by atoms with Gasteiger partial charge in [0.05, 0.1) is 0 Å². The van der Waals surface area contributed by atoms with E-state index in [9.17, 15) is 13.6 Å². The van der Waals surface area contributed by atoms with Crippen molar-refractivity contribution in [2.24, 2.45) is 4.99 Å². The van der Waals surface area contributed by atoms with Crippen molar-refractivity contribution in [1.29, 1.82) is 0 Å². The largest absolute Gasteiger partial charge is 0.357 e. The Labute approximate surface area is 129 Å². The summed E-state index contributed by atoms with van der Waals surface area (Å²) in [5, 5.41) is 5.98. The number of hydrogen-bond donors (Lipinski definition) is 2. The second-order valence-corrected chi connectivity index (χ2v) is 4.87. The van der Waals surface area contributed by atoms with Crippen molar-refractivity contribution in [3.05, 3.63) is 35.4 Å². The molecule has 0 radical (unpaired) electrons. The van der Waals surface area contributed by atoms with Crippen molar-refractivity contribution >= 4 is 11.9 Å². The summed E-state index contributed by atoms with van der Waals surface area (Å²) in [6.45, 7) is 2.94. The SMILES string of the molecule is CCNC(=NCC(=O)N(C)C)NCCc1cccc(F)c1F. The van der Waals surface area contributed by atoms with Gasteiger partial charge in [0, 0.05) is 27.2 Å². The van der Waals surface area contributed by atoms with E-state index in [0.717, 1.165) is 6.07 Å². The van der Waals surface area contributed by atoms with Gasteiger partial charge in [0.15, 0.2) is 17.6 Å². The van der Waals surface area contributed by atoms with E-state index in [0.29, 0.717) is 31.0 Å². The van der Waals surface area contributed by atoms with Crippen molar-refractivity contribution in [1.82, 2.24) is 15.5 Å². The lowest BCUT2D eigenvalue weighted by atomic mass is 10.1. The van der Waals surface area contributed by atoms with Crippen molar-refractivity contribution < 1.29 is 13.6 Å². The number of carbonyl (C=O) groups excluding carboxylic acids is 1. The summed E-state index contributed by atoms with van der Waals surface area (Å²) < 4.78 is 26.6. The molecule has 0 spiro atoms. The van der Waals surface area contributed by atoms with Crippen molar-refractivity contribution in [3.8, 4) is 0 Å². The van der Waals surface area contributed by atoms with E-state index < -0.39 is 11.6 Å². The Morgan fingerprint density at radius 1 is 1.27 bits per heavy atom. The van der Waals surface area contributed by atoms with Crippen molar-refractivity contribution in [3.63, 3.8) is 0 Å². The Bertz CT molecular complexity index is 532. The van der Waals surface area contributed by atoms with Crippen LogP contribution < -0.4 is 10.6 Å². The lowest BCUT2D eigenvalue weighted by Crippen LogP contribution is -2.39. The number of guanidine groups is 1. The van der Waals surface area contributed by atoms with Gasteiger partial charge in [0.25, 0.3) is 0 Å². The third-order valence-corrected chi connectivity index (χ3v) is 2.93. The number of aliphatic imine (C=N–C) groups is 1. The van der Waals surface area contributed by atoms with Crippen LogP contribution in [0.5, 0.6) is 0 Å². The highest BCUT2D eigenvalue weighted by molar-refractivity contribution is 5.84. The molecule has 0 fully saturated rings. The van der Waals surface area contributed by atoms with Crippen LogP contribution in [-0.2, 0) is 11.2 Å². The smallest absolute Gasteiger partial charge is 0.243 e. The number of hydrogen-bond acceptors (Lipinski definition) is 2. The minimum atomic E-state index is -0.852. The average molecular weight is 312 g/mol.